The predicted octanol–water partition coefficient (Wildman–Crippen LogP) is 2.14. The van der Waals surface area contributed by atoms with Crippen LogP contribution in [-0.2, 0) is 0 Å². The third-order valence-corrected chi connectivity index (χ3v) is 2.81. The number of nitrogens with zero attached hydrogens (tertiary/aromatic N) is 2. The average molecular weight is 279 g/mol. The summed E-state index contributed by atoms with van der Waals surface area (Å²) in [5, 5.41) is 13.0. The molecule has 0 bridgehead atoms. The second-order valence-corrected chi connectivity index (χ2v) is 5.49. The molecule has 0 radical (unpaired) electrons. The van der Waals surface area contributed by atoms with Crippen LogP contribution >= 0.6 is 0 Å². The molecule has 0 aliphatic carbocycles. The van der Waals surface area contributed by atoms with E-state index in [9.17, 15) is 9.90 Å². The molecule has 5 nitrogen and oxygen atoms in total. The lowest BCUT2D eigenvalue weighted by Crippen LogP contribution is -2.42. The normalized spacial score (nSPS) is 11.2. The van der Waals surface area contributed by atoms with Crippen molar-refractivity contribution in [3.05, 3.63) is 23.9 Å². The number of hydrogen-bond donors (Lipinski definition) is 2. The summed E-state index contributed by atoms with van der Waals surface area (Å²) in [6.07, 6.45) is 2.63. The molecule has 1 aromatic heterocycles. The van der Waals surface area contributed by atoms with Gasteiger partial charge in [-0.2, -0.15) is 0 Å². The first-order valence-electron chi connectivity index (χ1n) is 7.09. The summed E-state index contributed by atoms with van der Waals surface area (Å²) in [5.41, 5.74) is -0.313. The van der Waals surface area contributed by atoms with E-state index in [-0.39, 0.29) is 5.91 Å². The molecule has 0 atom stereocenters. The van der Waals surface area contributed by atoms with Crippen molar-refractivity contribution in [2.24, 2.45) is 0 Å². The summed E-state index contributed by atoms with van der Waals surface area (Å²) >= 11 is 0. The van der Waals surface area contributed by atoms with Crippen molar-refractivity contribution >= 4 is 11.7 Å². The highest BCUT2D eigenvalue weighted by Gasteiger charge is 2.22. The van der Waals surface area contributed by atoms with Gasteiger partial charge >= 0.3 is 0 Å². The van der Waals surface area contributed by atoms with Crippen LogP contribution in [0.15, 0.2) is 18.3 Å². The van der Waals surface area contributed by atoms with Gasteiger partial charge in [-0.1, -0.05) is 6.92 Å². The van der Waals surface area contributed by atoms with Crippen molar-refractivity contribution in [2.45, 2.75) is 39.7 Å². The number of hydrogen-bond acceptors (Lipinski definition) is 4. The summed E-state index contributed by atoms with van der Waals surface area (Å²) in [7, 11) is 0. The maximum absolute atomic E-state index is 12.4. The largest absolute Gasteiger partial charge is 0.389 e. The standard InChI is InChI=1S/C15H25N3O2/c1-5-8-16-13-10-12(7-9-17-13)14(19)18(6-2)11-15(3,4)20/h7,9-10,20H,5-6,8,11H2,1-4H3,(H,16,17). The van der Waals surface area contributed by atoms with Crippen LogP contribution in [0.2, 0.25) is 0 Å². The van der Waals surface area contributed by atoms with Crippen molar-refractivity contribution in [1.82, 2.24) is 9.88 Å². The van der Waals surface area contributed by atoms with Crippen LogP contribution in [0.25, 0.3) is 0 Å². The molecule has 1 rings (SSSR count). The van der Waals surface area contributed by atoms with Gasteiger partial charge in [0, 0.05) is 31.4 Å². The van der Waals surface area contributed by atoms with Gasteiger partial charge in [0.15, 0.2) is 0 Å². The topological polar surface area (TPSA) is 65.5 Å². The molecule has 0 aromatic carbocycles. The smallest absolute Gasteiger partial charge is 0.254 e. The Balaban J connectivity index is 2.84. The van der Waals surface area contributed by atoms with E-state index in [1.165, 1.54) is 0 Å². The Kier molecular flexibility index (Phi) is 5.95. The molecule has 20 heavy (non-hydrogen) atoms. The molecule has 1 heterocycles. The van der Waals surface area contributed by atoms with Crippen molar-refractivity contribution in [1.29, 1.82) is 0 Å². The second-order valence-electron chi connectivity index (χ2n) is 5.49. The van der Waals surface area contributed by atoms with E-state index in [2.05, 4.69) is 17.2 Å². The highest BCUT2D eigenvalue weighted by atomic mass is 16.3. The van der Waals surface area contributed by atoms with Crippen molar-refractivity contribution < 1.29 is 9.90 Å². The molecule has 0 unspecified atom stereocenters. The molecule has 0 aliphatic heterocycles. The Labute approximate surface area is 121 Å². The van der Waals surface area contributed by atoms with Crippen LogP contribution in [0.4, 0.5) is 5.82 Å². The molecule has 0 fully saturated rings. The molecule has 5 heteroatoms. The van der Waals surface area contributed by atoms with E-state index >= 15 is 0 Å². The quantitative estimate of drug-likeness (QED) is 0.802. The SMILES string of the molecule is CCCNc1cc(C(=O)N(CC)CC(C)(C)O)ccn1. The van der Waals surface area contributed by atoms with E-state index in [1.807, 2.05) is 6.92 Å². The van der Waals surface area contributed by atoms with Gasteiger partial charge in [-0.05, 0) is 39.3 Å². The Morgan fingerprint density at radius 1 is 1.45 bits per heavy atom. The summed E-state index contributed by atoms with van der Waals surface area (Å²) in [6.45, 7) is 9.07. The minimum absolute atomic E-state index is 0.0865. The molecule has 1 aromatic rings. The van der Waals surface area contributed by atoms with Crippen LogP contribution in [0, 0.1) is 0 Å². The molecule has 0 saturated heterocycles. The number of rotatable bonds is 7. The van der Waals surface area contributed by atoms with E-state index in [0.717, 1.165) is 13.0 Å². The first-order valence-corrected chi connectivity index (χ1v) is 7.09. The number of amides is 1. The van der Waals surface area contributed by atoms with Gasteiger partial charge in [-0.15, -0.1) is 0 Å². The first kappa shape index (κ1) is 16.4. The van der Waals surface area contributed by atoms with E-state index in [4.69, 9.17) is 0 Å². The molecule has 112 valence electrons. The van der Waals surface area contributed by atoms with Gasteiger partial charge in [-0.25, -0.2) is 4.98 Å². The zero-order valence-electron chi connectivity index (χ0n) is 12.8. The van der Waals surface area contributed by atoms with Crippen LogP contribution in [0.1, 0.15) is 44.5 Å². The number of anilines is 1. The van der Waals surface area contributed by atoms with Crippen LogP contribution in [-0.4, -0.2) is 46.1 Å². The molecule has 0 saturated carbocycles. The third kappa shape index (κ3) is 5.17. The number of aromatic nitrogens is 1. The summed E-state index contributed by atoms with van der Waals surface area (Å²) in [6, 6.07) is 3.46. The molecule has 0 spiro atoms. The molecule has 1 amide bonds. The zero-order chi connectivity index (χ0) is 15.2. The van der Waals surface area contributed by atoms with Gasteiger partial charge < -0.3 is 15.3 Å². The second kappa shape index (κ2) is 7.24. The van der Waals surface area contributed by atoms with Gasteiger partial charge in [0.05, 0.1) is 5.60 Å². The highest BCUT2D eigenvalue weighted by Crippen LogP contribution is 2.12. The lowest BCUT2D eigenvalue weighted by molar-refractivity contribution is 0.0314. The Hall–Kier alpha value is -1.62. The summed E-state index contributed by atoms with van der Waals surface area (Å²) in [5.74, 6) is 0.619. The summed E-state index contributed by atoms with van der Waals surface area (Å²) < 4.78 is 0. The monoisotopic (exact) mass is 279 g/mol. The van der Waals surface area contributed by atoms with Gasteiger partial charge in [0.2, 0.25) is 0 Å². The maximum Gasteiger partial charge on any atom is 0.254 e. The molecular formula is C15H25N3O2. The fourth-order valence-corrected chi connectivity index (χ4v) is 1.89. The number of aliphatic hydroxyl groups is 1. The number of carbonyl (C=O) groups excluding carboxylic acids is 1. The van der Waals surface area contributed by atoms with E-state index in [1.54, 1.807) is 37.1 Å². The number of carbonyl (C=O) groups is 1. The number of likely N-dealkylation sites (N-methyl/N-ethyl adjacent to an activating group) is 1. The fourth-order valence-electron chi connectivity index (χ4n) is 1.89. The molecular weight excluding hydrogens is 254 g/mol. The lowest BCUT2D eigenvalue weighted by Gasteiger charge is -2.28. The Morgan fingerprint density at radius 3 is 2.70 bits per heavy atom. The zero-order valence-corrected chi connectivity index (χ0v) is 12.8. The molecule has 2 N–H and O–H groups in total. The van der Waals surface area contributed by atoms with Crippen molar-refractivity contribution in [3.8, 4) is 0 Å². The van der Waals surface area contributed by atoms with Crippen molar-refractivity contribution in [3.63, 3.8) is 0 Å². The maximum atomic E-state index is 12.4. The van der Waals surface area contributed by atoms with Gasteiger partial charge in [0.25, 0.3) is 5.91 Å². The first-order chi connectivity index (χ1) is 9.37. The van der Waals surface area contributed by atoms with Crippen molar-refractivity contribution in [2.75, 3.05) is 25.0 Å². The lowest BCUT2D eigenvalue weighted by atomic mass is 10.1. The Morgan fingerprint density at radius 2 is 2.15 bits per heavy atom. The van der Waals surface area contributed by atoms with Crippen LogP contribution in [0.5, 0.6) is 0 Å². The minimum atomic E-state index is -0.901. The highest BCUT2D eigenvalue weighted by molar-refractivity contribution is 5.94. The average Bonchev–Trinajstić information content (AvgIpc) is 2.41. The van der Waals surface area contributed by atoms with E-state index in [0.29, 0.717) is 24.5 Å². The summed E-state index contributed by atoms with van der Waals surface area (Å²) in [4.78, 5) is 18.3. The number of nitrogens with one attached hydrogen (secondary N) is 1. The molecule has 0 aliphatic rings. The van der Waals surface area contributed by atoms with E-state index < -0.39 is 5.60 Å². The fraction of sp³-hybridized carbons (Fsp3) is 0.600. The van der Waals surface area contributed by atoms with Gasteiger partial charge in [0.1, 0.15) is 5.82 Å². The van der Waals surface area contributed by atoms with Crippen LogP contribution in [0.3, 0.4) is 0 Å². The third-order valence-electron chi connectivity index (χ3n) is 2.81. The predicted molar refractivity (Wildman–Crippen MR) is 80.9 cm³/mol. The Bertz CT molecular complexity index is 441. The van der Waals surface area contributed by atoms with Crippen LogP contribution < -0.4 is 5.32 Å². The van der Waals surface area contributed by atoms with Gasteiger partial charge in [-0.3, -0.25) is 4.79 Å². The number of pyridine rings is 1. The minimum Gasteiger partial charge on any atom is -0.389 e.